The SMILES string of the molecule is CCOC(=O)C1CCN(c2nc(-c3cc(C)cs3)ccc2C(=O)NCC2(O)CCCCC2)CC1. The highest BCUT2D eigenvalue weighted by molar-refractivity contribution is 7.13. The number of aryl methyl sites for hydroxylation is 1. The van der Waals surface area contributed by atoms with Crippen molar-refractivity contribution in [3.63, 3.8) is 0 Å². The van der Waals surface area contributed by atoms with Crippen LogP contribution in [0.4, 0.5) is 5.82 Å². The van der Waals surface area contributed by atoms with Crippen molar-refractivity contribution in [2.75, 3.05) is 31.1 Å². The third-order valence-corrected chi connectivity index (χ3v) is 7.95. The van der Waals surface area contributed by atoms with Crippen molar-refractivity contribution in [3.8, 4) is 10.6 Å². The zero-order valence-electron chi connectivity index (χ0n) is 20.1. The van der Waals surface area contributed by atoms with Crippen LogP contribution in [0.1, 0.15) is 67.8 Å². The maximum absolute atomic E-state index is 13.2. The van der Waals surface area contributed by atoms with Gasteiger partial charge in [0, 0.05) is 19.6 Å². The zero-order valence-corrected chi connectivity index (χ0v) is 21.0. The van der Waals surface area contributed by atoms with Crippen molar-refractivity contribution in [2.45, 2.75) is 64.4 Å². The van der Waals surface area contributed by atoms with Crippen LogP contribution < -0.4 is 10.2 Å². The van der Waals surface area contributed by atoms with E-state index in [1.165, 1.54) is 5.56 Å². The van der Waals surface area contributed by atoms with E-state index in [1.807, 2.05) is 19.1 Å². The largest absolute Gasteiger partial charge is 0.466 e. The van der Waals surface area contributed by atoms with Crippen LogP contribution in [0.15, 0.2) is 23.6 Å². The number of aromatic nitrogens is 1. The summed E-state index contributed by atoms with van der Waals surface area (Å²) in [7, 11) is 0. The number of carbonyl (C=O) groups is 2. The van der Waals surface area contributed by atoms with Crippen molar-refractivity contribution >= 4 is 29.0 Å². The highest BCUT2D eigenvalue weighted by Gasteiger charge is 2.32. The first kappa shape index (κ1) is 24.7. The molecule has 2 aromatic heterocycles. The van der Waals surface area contributed by atoms with E-state index in [9.17, 15) is 14.7 Å². The summed E-state index contributed by atoms with van der Waals surface area (Å²) in [6, 6.07) is 5.83. The Bertz CT molecular complexity index is 1010. The maximum atomic E-state index is 13.2. The van der Waals surface area contributed by atoms with Gasteiger partial charge in [-0.2, -0.15) is 0 Å². The van der Waals surface area contributed by atoms with Crippen LogP contribution in [-0.4, -0.2) is 53.8 Å². The highest BCUT2D eigenvalue weighted by Crippen LogP contribution is 2.32. The molecule has 1 amide bonds. The summed E-state index contributed by atoms with van der Waals surface area (Å²) >= 11 is 1.63. The van der Waals surface area contributed by atoms with Crippen LogP contribution >= 0.6 is 11.3 Å². The lowest BCUT2D eigenvalue weighted by atomic mass is 9.85. The first-order chi connectivity index (χ1) is 16.4. The quantitative estimate of drug-likeness (QED) is 0.568. The van der Waals surface area contributed by atoms with E-state index >= 15 is 0 Å². The number of carbonyl (C=O) groups excluding carboxylic acids is 2. The number of aliphatic hydroxyl groups is 1. The van der Waals surface area contributed by atoms with Gasteiger partial charge in [-0.25, -0.2) is 4.98 Å². The molecule has 7 nitrogen and oxygen atoms in total. The van der Waals surface area contributed by atoms with Gasteiger partial charge >= 0.3 is 5.97 Å². The van der Waals surface area contributed by atoms with Gasteiger partial charge in [0.15, 0.2) is 0 Å². The van der Waals surface area contributed by atoms with Crippen LogP contribution in [-0.2, 0) is 9.53 Å². The van der Waals surface area contributed by atoms with Crippen LogP contribution in [0.3, 0.4) is 0 Å². The van der Waals surface area contributed by atoms with Crippen LogP contribution in [0, 0.1) is 12.8 Å². The second-order valence-corrected chi connectivity index (χ2v) is 10.4. The van der Waals surface area contributed by atoms with Gasteiger partial charge in [0.2, 0.25) is 0 Å². The number of rotatable bonds is 7. The molecule has 0 radical (unpaired) electrons. The van der Waals surface area contributed by atoms with Crippen molar-refractivity contribution < 1.29 is 19.4 Å². The Morgan fingerprint density at radius 2 is 1.97 bits per heavy atom. The molecule has 0 atom stereocenters. The topological polar surface area (TPSA) is 91.8 Å². The van der Waals surface area contributed by atoms with Gasteiger partial charge in [-0.05, 0) is 68.7 Å². The second-order valence-electron chi connectivity index (χ2n) is 9.54. The van der Waals surface area contributed by atoms with Gasteiger partial charge in [0.05, 0.1) is 34.3 Å². The molecular formula is C26H35N3O4S. The van der Waals surface area contributed by atoms with Gasteiger partial charge < -0.3 is 20.1 Å². The molecule has 1 aliphatic heterocycles. The summed E-state index contributed by atoms with van der Waals surface area (Å²) in [5.41, 5.74) is 1.70. The molecule has 0 aromatic carbocycles. The summed E-state index contributed by atoms with van der Waals surface area (Å²) in [6.07, 6.45) is 5.89. The average molecular weight is 486 g/mol. The van der Waals surface area contributed by atoms with E-state index in [1.54, 1.807) is 11.3 Å². The molecule has 34 heavy (non-hydrogen) atoms. The number of hydrogen-bond acceptors (Lipinski definition) is 7. The number of nitrogens with zero attached hydrogens (tertiary/aromatic N) is 2. The maximum Gasteiger partial charge on any atom is 0.309 e. The fourth-order valence-electron chi connectivity index (χ4n) is 4.88. The minimum absolute atomic E-state index is 0.114. The molecule has 0 spiro atoms. The first-order valence-corrected chi connectivity index (χ1v) is 13.3. The fraction of sp³-hybridized carbons (Fsp3) is 0.577. The number of amides is 1. The number of anilines is 1. The van der Waals surface area contributed by atoms with Gasteiger partial charge in [0.1, 0.15) is 5.82 Å². The smallest absolute Gasteiger partial charge is 0.309 e. The molecule has 8 heteroatoms. The van der Waals surface area contributed by atoms with E-state index in [2.05, 4.69) is 28.6 Å². The van der Waals surface area contributed by atoms with Gasteiger partial charge in [-0.1, -0.05) is 19.3 Å². The number of hydrogen-bond donors (Lipinski definition) is 2. The van der Waals surface area contributed by atoms with Crippen LogP contribution in [0.5, 0.6) is 0 Å². The van der Waals surface area contributed by atoms with Crippen molar-refractivity contribution in [1.29, 1.82) is 0 Å². The molecule has 0 bridgehead atoms. The Morgan fingerprint density at radius 1 is 1.24 bits per heavy atom. The Kier molecular flexibility index (Phi) is 7.88. The number of esters is 1. The van der Waals surface area contributed by atoms with Crippen LogP contribution in [0.2, 0.25) is 0 Å². The Hall–Kier alpha value is -2.45. The van der Waals surface area contributed by atoms with Crippen molar-refractivity contribution in [3.05, 3.63) is 34.7 Å². The first-order valence-electron chi connectivity index (χ1n) is 12.4. The molecule has 0 unspecified atom stereocenters. The van der Waals surface area contributed by atoms with E-state index in [0.29, 0.717) is 43.9 Å². The number of nitrogens with one attached hydrogen (secondary N) is 1. The number of piperidine rings is 1. The van der Waals surface area contributed by atoms with E-state index in [4.69, 9.17) is 9.72 Å². The lowest BCUT2D eigenvalue weighted by Crippen LogP contribution is -2.45. The number of pyridine rings is 1. The highest BCUT2D eigenvalue weighted by atomic mass is 32.1. The Morgan fingerprint density at radius 3 is 2.62 bits per heavy atom. The van der Waals surface area contributed by atoms with Gasteiger partial charge in [-0.3, -0.25) is 9.59 Å². The minimum Gasteiger partial charge on any atom is -0.466 e. The van der Waals surface area contributed by atoms with Gasteiger partial charge in [0.25, 0.3) is 5.91 Å². The number of ether oxygens (including phenoxy) is 1. The van der Waals surface area contributed by atoms with Gasteiger partial charge in [-0.15, -0.1) is 11.3 Å². The van der Waals surface area contributed by atoms with E-state index < -0.39 is 5.60 Å². The predicted molar refractivity (Wildman–Crippen MR) is 134 cm³/mol. The molecule has 1 saturated heterocycles. The molecule has 1 aliphatic carbocycles. The minimum atomic E-state index is -0.825. The second kappa shape index (κ2) is 10.9. The lowest BCUT2D eigenvalue weighted by molar-refractivity contribution is -0.148. The average Bonchev–Trinajstić information content (AvgIpc) is 3.29. The van der Waals surface area contributed by atoms with Crippen LogP contribution in [0.25, 0.3) is 10.6 Å². The molecule has 2 fully saturated rings. The molecule has 1 saturated carbocycles. The molecule has 3 heterocycles. The summed E-state index contributed by atoms with van der Waals surface area (Å²) in [5.74, 6) is 0.163. The molecule has 2 N–H and O–H groups in total. The normalized spacial score (nSPS) is 18.5. The molecule has 184 valence electrons. The predicted octanol–water partition coefficient (Wildman–Crippen LogP) is 4.32. The molecule has 4 rings (SSSR count). The molecule has 2 aromatic rings. The number of thiophene rings is 1. The third-order valence-electron chi connectivity index (χ3n) is 6.88. The summed E-state index contributed by atoms with van der Waals surface area (Å²) in [4.78, 5) is 33.5. The zero-order chi connectivity index (χ0) is 24.1. The molecule has 2 aliphatic rings. The lowest BCUT2D eigenvalue weighted by Gasteiger charge is -2.34. The van der Waals surface area contributed by atoms with Crippen molar-refractivity contribution in [1.82, 2.24) is 10.3 Å². The summed E-state index contributed by atoms with van der Waals surface area (Å²) in [6.45, 7) is 5.78. The fourth-order valence-corrected chi connectivity index (χ4v) is 5.75. The summed E-state index contributed by atoms with van der Waals surface area (Å²) < 4.78 is 5.20. The van der Waals surface area contributed by atoms with Crippen molar-refractivity contribution in [2.24, 2.45) is 5.92 Å². The van der Waals surface area contributed by atoms with E-state index in [-0.39, 0.29) is 24.3 Å². The monoisotopic (exact) mass is 485 g/mol. The third kappa shape index (κ3) is 5.78. The van der Waals surface area contributed by atoms with E-state index in [0.717, 1.165) is 42.7 Å². The summed E-state index contributed by atoms with van der Waals surface area (Å²) in [5, 5.41) is 15.9. The Labute approximate surface area is 205 Å². The molecular weight excluding hydrogens is 450 g/mol. The standard InChI is InChI=1S/C26H35N3O4S/c1-3-33-25(31)19-9-13-29(14-10-19)23-20(7-8-21(28-23)22-15-18(2)16-34-22)24(30)27-17-26(32)11-5-4-6-12-26/h7-8,15-16,19,32H,3-6,9-14,17H2,1-2H3,(H,27,30). The Balaban J connectivity index is 1.54.